The minimum atomic E-state index is -1.57. The molecule has 3 aliphatic rings. The summed E-state index contributed by atoms with van der Waals surface area (Å²) in [5.41, 5.74) is 6.85. The number of nitrogens with zero attached hydrogens (tertiary/aromatic N) is 2. The molecule has 4 N–H and O–H groups in total. The zero-order valence-corrected chi connectivity index (χ0v) is 33.3. The van der Waals surface area contributed by atoms with Crippen LogP contribution in [0, 0.1) is 5.92 Å². The highest BCUT2D eigenvalue weighted by molar-refractivity contribution is 6.35. The summed E-state index contributed by atoms with van der Waals surface area (Å²) >= 11 is 6.77. The Morgan fingerprint density at radius 3 is 2.62 bits per heavy atom. The van der Waals surface area contributed by atoms with E-state index in [2.05, 4.69) is 10.3 Å². The number of ether oxygens (including phenoxy) is 5. The molecule has 2 amide bonds. The first-order chi connectivity index (χ1) is 26.1. The second kappa shape index (κ2) is 17.0. The molecule has 55 heavy (non-hydrogen) atoms. The van der Waals surface area contributed by atoms with E-state index in [-0.39, 0.29) is 24.3 Å². The Morgan fingerprint density at radius 1 is 1.16 bits per heavy atom. The number of aromatic nitrogens is 1. The maximum absolute atomic E-state index is 14.1. The molecule has 0 saturated carbocycles. The van der Waals surface area contributed by atoms with Crippen LogP contribution >= 0.6 is 11.6 Å². The van der Waals surface area contributed by atoms with Gasteiger partial charge in [0.15, 0.2) is 0 Å². The molecule has 0 unspecified atom stereocenters. The van der Waals surface area contributed by atoms with Gasteiger partial charge in [-0.15, -0.1) is 0 Å². The van der Waals surface area contributed by atoms with E-state index in [1.54, 1.807) is 56.5 Å². The summed E-state index contributed by atoms with van der Waals surface area (Å²) in [6.45, 7) is 9.52. The number of hydrogen-bond acceptors (Lipinski definition) is 11. The molecule has 2 aromatic carbocycles. The average Bonchev–Trinajstić information content (AvgIpc) is 3.85. The van der Waals surface area contributed by atoms with Crippen molar-refractivity contribution in [2.45, 2.75) is 95.9 Å². The number of carbonyl (C=O) groups is 3. The third-order valence-corrected chi connectivity index (χ3v) is 10.8. The monoisotopic (exact) mass is 778 g/mol. The van der Waals surface area contributed by atoms with Crippen LogP contribution in [0.5, 0.6) is 5.75 Å². The van der Waals surface area contributed by atoms with Crippen LogP contribution < -0.4 is 20.7 Å². The topological polar surface area (TPSA) is 175 Å². The van der Waals surface area contributed by atoms with E-state index in [1.165, 1.54) is 25.3 Å². The fourth-order valence-electron chi connectivity index (χ4n) is 7.35. The zero-order valence-electron chi connectivity index (χ0n) is 32.6. The van der Waals surface area contributed by atoms with Crippen molar-refractivity contribution in [3.63, 3.8) is 0 Å². The number of methoxy groups -OCH3 is 2. The smallest absolute Gasteiger partial charge is 0.412 e. The van der Waals surface area contributed by atoms with Crippen LogP contribution in [0.15, 0.2) is 66.4 Å². The quantitative estimate of drug-likeness (QED) is 0.188. The van der Waals surface area contributed by atoms with Crippen molar-refractivity contribution in [3.8, 4) is 5.75 Å². The molecule has 1 aromatic heterocycles. The van der Waals surface area contributed by atoms with Crippen LogP contribution in [-0.2, 0) is 35.0 Å². The third-order valence-electron chi connectivity index (χ3n) is 10.4. The molecule has 4 heterocycles. The van der Waals surface area contributed by atoms with Crippen molar-refractivity contribution in [1.82, 2.24) is 4.98 Å². The molecule has 2 saturated heterocycles. The number of esters is 1. The van der Waals surface area contributed by atoms with Crippen LogP contribution in [0.2, 0.25) is 5.02 Å². The molecule has 3 aromatic rings. The molecule has 0 aliphatic carbocycles. The number of benzene rings is 2. The first kappa shape index (κ1) is 41.5. The van der Waals surface area contributed by atoms with E-state index in [9.17, 15) is 19.5 Å². The molecule has 0 radical (unpaired) electrons. The van der Waals surface area contributed by atoms with E-state index in [4.69, 9.17) is 41.0 Å². The summed E-state index contributed by atoms with van der Waals surface area (Å²) in [7, 11) is 4.57. The number of hydrogen-bond donors (Lipinski definition) is 3. The van der Waals surface area contributed by atoms with Gasteiger partial charge in [-0.3, -0.25) is 19.9 Å². The number of aliphatic hydroxyl groups is 1. The van der Waals surface area contributed by atoms with Gasteiger partial charge in [0.05, 0.1) is 49.1 Å². The lowest BCUT2D eigenvalue weighted by molar-refractivity contribution is -0.187. The number of fused-ring (bicyclic) bond motifs is 6. The fourth-order valence-corrected chi connectivity index (χ4v) is 7.66. The molecular formula is C41H51ClN4O9. The van der Waals surface area contributed by atoms with E-state index < -0.39 is 59.5 Å². The third kappa shape index (κ3) is 9.07. The maximum Gasteiger partial charge on any atom is 0.412 e. The van der Waals surface area contributed by atoms with Crippen molar-refractivity contribution in [2.75, 3.05) is 37.2 Å². The molecule has 13 nitrogen and oxygen atoms in total. The number of pyridine rings is 1. The lowest BCUT2D eigenvalue weighted by atomic mass is 9.78. The van der Waals surface area contributed by atoms with Gasteiger partial charge in [-0.25, -0.2) is 4.79 Å². The van der Waals surface area contributed by atoms with Gasteiger partial charge in [-0.1, -0.05) is 62.2 Å². The zero-order chi connectivity index (χ0) is 40.2. The number of rotatable bonds is 4. The van der Waals surface area contributed by atoms with Crippen LogP contribution in [0.1, 0.15) is 59.4 Å². The number of halogens is 1. The van der Waals surface area contributed by atoms with Gasteiger partial charge < -0.3 is 39.4 Å². The van der Waals surface area contributed by atoms with Crippen molar-refractivity contribution in [3.05, 3.63) is 77.0 Å². The summed E-state index contributed by atoms with van der Waals surface area (Å²) in [6.07, 6.45) is 2.80. The number of nitrogen functional groups attached to an aromatic ring is 1. The number of nitrogens with two attached hydrogens (primary N) is 1. The van der Waals surface area contributed by atoms with E-state index in [0.29, 0.717) is 34.7 Å². The highest BCUT2D eigenvalue weighted by Gasteiger charge is 2.64. The molecule has 7 atom stereocenters. The standard InChI is InChI=1S/C39H45ClN4O9.C2H6/c1-21-8-7-9-31(50-6)39(48)18-30(51-34(46)19-39)22(2)36-38(3,53-36)32(17-33(45)44(4)28-13-23(12-21)14-29(49-5)35(28)40)52-37(47)43-26-11-10-24-15-25(41)20-42-27(24)16-26;1-2/h7-11,13-16,20,22,30-32,36,48H,12,17-19,41H2,1-6H3,(H,43,47);1-2H3/b9-7+,21-8+;/t22-,30+,31-,32+,36+,38+,39-;/m1./s1. The summed E-state index contributed by atoms with van der Waals surface area (Å²) in [4.78, 5) is 46.3. The number of carbonyl (C=O) groups excluding carboxylic acids is 3. The largest absolute Gasteiger partial charge is 0.495 e. The highest BCUT2D eigenvalue weighted by Crippen LogP contribution is 2.50. The van der Waals surface area contributed by atoms with Gasteiger partial charge in [0.2, 0.25) is 5.91 Å². The average molecular weight is 779 g/mol. The van der Waals surface area contributed by atoms with Crippen molar-refractivity contribution in [2.24, 2.45) is 5.92 Å². The molecule has 6 rings (SSSR count). The summed E-state index contributed by atoms with van der Waals surface area (Å²) in [6, 6.07) is 10.5. The number of allylic oxidation sites excluding steroid dienone is 3. The van der Waals surface area contributed by atoms with Crippen LogP contribution in [0.3, 0.4) is 0 Å². The Kier molecular flexibility index (Phi) is 12.8. The van der Waals surface area contributed by atoms with Gasteiger partial charge in [-0.05, 0) is 56.2 Å². The first-order valence-electron chi connectivity index (χ1n) is 18.4. The fraction of sp³-hybridized carbons (Fsp3) is 0.463. The highest BCUT2D eigenvalue weighted by atomic mass is 35.5. The molecule has 14 heteroatoms. The van der Waals surface area contributed by atoms with Gasteiger partial charge in [-0.2, -0.15) is 0 Å². The first-order valence-corrected chi connectivity index (χ1v) is 18.7. The van der Waals surface area contributed by atoms with E-state index in [0.717, 1.165) is 16.5 Å². The van der Waals surface area contributed by atoms with E-state index >= 15 is 0 Å². The minimum absolute atomic E-state index is 0.0703. The Labute approximate surface area is 326 Å². The normalized spacial score (nSPS) is 29.7. The SMILES string of the molecule is CC.COc1cc2cc(c1Cl)N(C)C(=O)C[C@H](OC(=O)Nc1ccc3cc(N)cnc3c1)[C@]1(C)O[C@H]1[C@H](C)[C@@H]1C[C@@](O)(CC(=O)O1)[C@H](OC)/C=C/C=C(\C)C2. The number of anilines is 3. The van der Waals surface area contributed by atoms with Gasteiger partial charge in [0.25, 0.3) is 0 Å². The van der Waals surface area contributed by atoms with Gasteiger partial charge in [0.1, 0.15) is 40.3 Å². The Hall–Kier alpha value is -4.69. The molecule has 3 aliphatic heterocycles. The van der Waals surface area contributed by atoms with Gasteiger partial charge >= 0.3 is 12.1 Å². The molecular weight excluding hydrogens is 728 g/mol. The number of epoxide rings is 1. The second-order valence-corrected chi connectivity index (χ2v) is 14.7. The van der Waals surface area contributed by atoms with E-state index in [1.807, 2.05) is 39.8 Å². The van der Waals surface area contributed by atoms with Crippen molar-refractivity contribution in [1.29, 1.82) is 0 Å². The number of amides is 2. The number of nitrogens with one attached hydrogen (secondary N) is 1. The molecule has 2 fully saturated rings. The molecule has 0 spiro atoms. The Morgan fingerprint density at radius 2 is 1.91 bits per heavy atom. The predicted octanol–water partition coefficient (Wildman–Crippen LogP) is 6.78. The lowest BCUT2D eigenvalue weighted by Gasteiger charge is -2.41. The van der Waals surface area contributed by atoms with Crippen LogP contribution in [-0.4, -0.2) is 84.9 Å². The lowest BCUT2D eigenvalue weighted by Crippen LogP contribution is -2.53. The van der Waals surface area contributed by atoms with Crippen LogP contribution in [0.25, 0.3) is 10.9 Å². The predicted molar refractivity (Wildman–Crippen MR) is 211 cm³/mol. The van der Waals surface area contributed by atoms with Crippen molar-refractivity contribution < 1.29 is 43.2 Å². The minimum Gasteiger partial charge on any atom is -0.495 e. The maximum atomic E-state index is 14.1. The second-order valence-electron chi connectivity index (χ2n) is 14.3. The summed E-state index contributed by atoms with van der Waals surface area (Å²) in [5, 5.41) is 15.6. The Bertz CT molecular complexity index is 1990. The molecule has 4 bridgehead atoms. The van der Waals surface area contributed by atoms with Crippen molar-refractivity contribution >= 4 is 57.5 Å². The Balaban J connectivity index is 0.00000285. The summed E-state index contributed by atoms with van der Waals surface area (Å²) < 4.78 is 29.3. The molecule has 296 valence electrons. The summed E-state index contributed by atoms with van der Waals surface area (Å²) in [5.74, 6) is -1.07. The van der Waals surface area contributed by atoms with Crippen LogP contribution in [0.4, 0.5) is 21.9 Å². The van der Waals surface area contributed by atoms with Gasteiger partial charge in [0, 0.05) is 37.6 Å².